The number of amides is 1. The molecular weight excluding hydrogens is 463 g/mol. The molecule has 4 rings (SSSR count). The van der Waals surface area contributed by atoms with Gasteiger partial charge in [-0.2, -0.15) is 0 Å². The molecule has 0 radical (unpaired) electrons. The number of para-hydroxylation sites is 2. The molecule has 0 spiro atoms. The second-order valence-corrected chi connectivity index (χ2v) is 7.99. The van der Waals surface area contributed by atoms with Gasteiger partial charge in [0.05, 0.1) is 32.3 Å². The number of carbonyl (C=O) groups excluding carboxylic acids is 1. The lowest BCUT2D eigenvalue weighted by atomic mass is 10.2. The first-order valence-electron chi connectivity index (χ1n) is 8.73. The van der Waals surface area contributed by atoms with Crippen LogP contribution in [0.15, 0.2) is 60.7 Å². The van der Waals surface area contributed by atoms with E-state index in [0.29, 0.717) is 21.6 Å². The molecule has 0 saturated heterocycles. The number of imidazole rings is 1. The zero-order valence-electron chi connectivity index (χ0n) is 15.2. The number of rotatable bonds is 3. The fraction of sp³-hybridized carbons (Fsp3) is 0. The van der Waals surface area contributed by atoms with Crippen molar-refractivity contribution in [3.63, 3.8) is 0 Å². The summed E-state index contributed by atoms with van der Waals surface area (Å²) in [5, 5.41) is 6.68. The van der Waals surface area contributed by atoms with Crippen molar-refractivity contribution in [2.45, 2.75) is 0 Å². The number of benzene rings is 3. The Bertz CT molecular complexity index is 1260. The van der Waals surface area contributed by atoms with Gasteiger partial charge >= 0.3 is 0 Å². The lowest BCUT2D eigenvalue weighted by Gasteiger charge is -2.12. The minimum absolute atomic E-state index is 0.0692. The molecule has 0 fully saturated rings. The van der Waals surface area contributed by atoms with Gasteiger partial charge in [-0.1, -0.05) is 46.9 Å². The Labute approximate surface area is 192 Å². The first-order valence-corrected chi connectivity index (χ1v) is 10.3. The van der Waals surface area contributed by atoms with Crippen LogP contribution in [0.1, 0.15) is 10.4 Å². The molecule has 1 amide bonds. The van der Waals surface area contributed by atoms with Gasteiger partial charge in [0.1, 0.15) is 5.82 Å². The van der Waals surface area contributed by atoms with Crippen LogP contribution in [0.2, 0.25) is 15.1 Å². The van der Waals surface area contributed by atoms with E-state index in [1.807, 2.05) is 30.3 Å². The standard InChI is InChI=1S/C21H13Cl3N4OS/c22-12-6-8-14(23)13(10-12)20(29)28-21(30)27-18-9-11(5-7-15(18)24)19-25-16-3-1-2-4-17(16)26-19/h1-10H,(H,25,26)(H2,27,28,29,30). The molecule has 3 N–H and O–H groups in total. The minimum Gasteiger partial charge on any atom is -0.338 e. The molecule has 0 saturated carbocycles. The van der Waals surface area contributed by atoms with Gasteiger partial charge < -0.3 is 10.3 Å². The zero-order chi connectivity index (χ0) is 21.3. The number of halogens is 3. The minimum atomic E-state index is -0.482. The topological polar surface area (TPSA) is 69.8 Å². The fourth-order valence-electron chi connectivity index (χ4n) is 2.85. The van der Waals surface area contributed by atoms with Gasteiger partial charge in [0.25, 0.3) is 5.91 Å². The summed E-state index contributed by atoms with van der Waals surface area (Å²) in [5.74, 6) is 0.209. The summed E-state index contributed by atoms with van der Waals surface area (Å²) in [7, 11) is 0. The summed E-state index contributed by atoms with van der Waals surface area (Å²) in [6.45, 7) is 0. The molecule has 0 atom stereocenters. The number of hydrogen-bond acceptors (Lipinski definition) is 3. The van der Waals surface area contributed by atoms with Crippen molar-refractivity contribution >= 4 is 74.8 Å². The van der Waals surface area contributed by atoms with Crippen LogP contribution in [0, 0.1) is 0 Å². The molecule has 0 aliphatic heterocycles. The number of H-pyrrole nitrogens is 1. The highest BCUT2D eigenvalue weighted by Crippen LogP contribution is 2.29. The van der Waals surface area contributed by atoms with Crippen molar-refractivity contribution in [3.8, 4) is 11.4 Å². The van der Waals surface area contributed by atoms with E-state index in [1.165, 1.54) is 6.07 Å². The van der Waals surface area contributed by atoms with Crippen LogP contribution >= 0.6 is 47.0 Å². The maximum Gasteiger partial charge on any atom is 0.258 e. The third-order valence-electron chi connectivity index (χ3n) is 4.28. The number of aromatic amines is 1. The Balaban J connectivity index is 1.54. The van der Waals surface area contributed by atoms with Crippen LogP contribution in [0.4, 0.5) is 5.69 Å². The van der Waals surface area contributed by atoms with Gasteiger partial charge in [0.15, 0.2) is 5.11 Å². The van der Waals surface area contributed by atoms with Crippen molar-refractivity contribution in [1.29, 1.82) is 0 Å². The molecule has 4 aromatic rings. The lowest BCUT2D eigenvalue weighted by Crippen LogP contribution is -2.34. The summed E-state index contributed by atoms with van der Waals surface area (Å²) in [6, 6.07) is 17.7. The average molecular weight is 476 g/mol. The van der Waals surface area contributed by atoms with Gasteiger partial charge in [0, 0.05) is 10.6 Å². The van der Waals surface area contributed by atoms with E-state index in [9.17, 15) is 4.79 Å². The molecule has 3 aromatic carbocycles. The van der Waals surface area contributed by atoms with Crippen LogP contribution in [0.25, 0.3) is 22.4 Å². The number of hydrogen-bond donors (Lipinski definition) is 3. The van der Waals surface area contributed by atoms with Crippen LogP contribution < -0.4 is 10.6 Å². The third-order valence-corrected chi connectivity index (χ3v) is 5.38. The lowest BCUT2D eigenvalue weighted by molar-refractivity contribution is 0.0978. The highest BCUT2D eigenvalue weighted by Gasteiger charge is 2.14. The van der Waals surface area contributed by atoms with E-state index in [-0.39, 0.29) is 15.7 Å². The van der Waals surface area contributed by atoms with Crippen molar-refractivity contribution in [3.05, 3.63) is 81.3 Å². The molecular formula is C21H13Cl3N4OS. The normalized spacial score (nSPS) is 10.8. The molecule has 1 heterocycles. The van der Waals surface area contributed by atoms with Gasteiger partial charge in [-0.25, -0.2) is 4.98 Å². The van der Waals surface area contributed by atoms with Gasteiger partial charge in [-0.15, -0.1) is 0 Å². The molecule has 0 aliphatic carbocycles. The van der Waals surface area contributed by atoms with Crippen molar-refractivity contribution in [1.82, 2.24) is 15.3 Å². The monoisotopic (exact) mass is 474 g/mol. The Hall–Kier alpha value is -2.64. The van der Waals surface area contributed by atoms with Crippen LogP contribution in [0.3, 0.4) is 0 Å². The number of fused-ring (bicyclic) bond motifs is 1. The van der Waals surface area contributed by atoms with E-state index in [0.717, 1.165) is 16.6 Å². The van der Waals surface area contributed by atoms with Crippen LogP contribution in [-0.4, -0.2) is 21.0 Å². The summed E-state index contributed by atoms with van der Waals surface area (Å²) < 4.78 is 0. The van der Waals surface area contributed by atoms with E-state index in [1.54, 1.807) is 24.3 Å². The fourth-order valence-corrected chi connectivity index (χ4v) is 3.60. The maximum atomic E-state index is 12.5. The number of nitrogens with one attached hydrogen (secondary N) is 3. The SMILES string of the molecule is O=C(NC(=S)Nc1cc(-c2nc3ccccc3[nH]2)ccc1Cl)c1cc(Cl)ccc1Cl. The number of carbonyl (C=O) groups is 1. The second kappa shape index (κ2) is 8.62. The predicted molar refractivity (Wildman–Crippen MR) is 127 cm³/mol. The summed E-state index contributed by atoms with van der Waals surface area (Å²) in [6.07, 6.45) is 0. The van der Waals surface area contributed by atoms with E-state index < -0.39 is 5.91 Å². The second-order valence-electron chi connectivity index (χ2n) is 6.33. The van der Waals surface area contributed by atoms with E-state index in [4.69, 9.17) is 47.0 Å². The molecule has 0 unspecified atom stereocenters. The Morgan fingerprint density at radius 1 is 0.967 bits per heavy atom. The number of nitrogens with zero attached hydrogens (tertiary/aromatic N) is 1. The molecule has 30 heavy (non-hydrogen) atoms. The summed E-state index contributed by atoms with van der Waals surface area (Å²) in [4.78, 5) is 20.3. The van der Waals surface area contributed by atoms with Crippen LogP contribution in [0.5, 0.6) is 0 Å². The molecule has 150 valence electrons. The summed E-state index contributed by atoms with van der Waals surface area (Å²) in [5.41, 5.74) is 3.34. The van der Waals surface area contributed by atoms with Crippen molar-refractivity contribution < 1.29 is 4.79 Å². The Kier molecular flexibility index (Phi) is 5.92. The van der Waals surface area contributed by atoms with Gasteiger partial charge in [-0.3, -0.25) is 10.1 Å². The highest BCUT2D eigenvalue weighted by molar-refractivity contribution is 7.80. The highest BCUT2D eigenvalue weighted by atomic mass is 35.5. The Morgan fingerprint density at radius 2 is 1.73 bits per heavy atom. The largest absolute Gasteiger partial charge is 0.338 e. The smallest absolute Gasteiger partial charge is 0.258 e. The number of aromatic nitrogens is 2. The Morgan fingerprint density at radius 3 is 2.53 bits per heavy atom. The molecule has 5 nitrogen and oxygen atoms in total. The zero-order valence-corrected chi connectivity index (χ0v) is 18.3. The van der Waals surface area contributed by atoms with Crippen molar-refractivity contribution in [2.24, 2.45) is 0 Å². The molecule has 0 bridgehead atoms. The van der Waals surface area contributed by atoms with Crippen LogP contribution in [-0.2, 0) is 0 Å². The first-order chi connectivity index (χ1) is 14.4. The number of anilines is 1. The first kappa shape index (κ1) is 20.6. The molecule has 1 aromatic heterocycles. The quantitative estimate of drug-likeness (QED) is 0.303. The molecule has 0 aliphatic rings. The third kappa shape index (κ3) is 4.42. The molecule has 9 heteroatoms. The van der Waals surface area contributed by atoms with E-state index >= 15 is 0 Å². The van der Waals surface area contributed by atoms with Gasteiger partial charge in [-0.05, 0) is 60.7 Å². The van der Waals surface area contributed by atoms with Gasteiger partial charge in [0.2, 0.25) is 0 Å². The van der Waals surface area contributed by atoms with Crippen molar-refractivity contribution in [2.75, 3.05) is 5.32 Å². The maximum absolute atomic E-state index is 12.5. The number of thiocarbonyl (C=S) groups is 1. The average Bonchev–Trinajstić information content (AvgIpc) is 3.15. The summed E-state index contributed by atoms with van der Waals surface area (Å²) >= 11 is 23.6. The predicted octanol–water partition coefficient (Wildman–Crippen LogP) is 6.32. The van der Waals surface area contributed by atoms with E-state index in [2.05, 4.69) is 20.6 Å².